The summed E-state index contributed by atoms with van der Waals surface area (Å²) in [6, 6.07) is 4.00. The molecule has 2 heterocycles. The van der Waals surface area contributed by atoms with Crippen molar-refractivity contribution >= 4 is 23.3 Å². The summed E-state index contributed by atoms with van der Waals surface area (Å²) in [5.41, 5.74) is -3.59. The zero-order chi connectivity index (χ0) is 33.1. The number of hydrogen-bond donors (Lipinski definition) is 4. The number of aromatic hydroxyl groups is 2. The van der Waals surface area contributed by atoms with Crippen LogP contribution in [0.5, 0.6) is 17.2 Å². The average Bonchev–Trinajstić information content (AvgIpc) is 3.47. The smallest absolute Gasteiger partial charge is 0.224 e. The third kappa shape index (κ3) is 4.97. The number of unbranched alkanes of at least 4 members (excludes halogenated alkanes) is 1. The lowest BCUT2D eigenvalue weighted by atomic mass is 9.72. The van der Waals surface area contributed by atoms with Gasteiger partial charge in [0.25, 0.3) is 0 Å². The molecule has 6 atom stereocenters. The molecular weight excluding hydrogens is 602 g/mol. The molecule has 0 radical (unpaired) electrons. The van der Waals surface area contributed by atoms with Crippen LogP contribution in [0.4, 0.5) is 0 Å². The van der Waals surface area contributed by atoms with Gasteiger partial charge in [-0.3, -0.25) is 19.2 Å². The molecule has 5 unspecified atom stereocenters. The number of ketones is 3. The molecule has 2 aliphatic heterocycles. The van der Waals surface area contributed by atoms with Gasteiger partial charge < -0.3 is 44.3 Å². The Labute approximate surface area is 264 Å². The van der Waals surface area contributed by atoms with Gasteiger partial charge in [0.15, 0.2) is 17.9 Å². The summed E-state index contributed by atoms with van der Waals surface area (Å²) in [5, 5.41) is 44.4. The summed E-state index contributed by atoms with van der Waals surface area (Å²) in [6.45, 7) is 2.83. The fraction of sp³-hybridized carbons (Fsp3) is 0.515. The fourth-order valence-electron chi connectivity index (χ4n) is 7.22. The highest BCUT2D eigenvalue weighted by molar-refractivity contribution is 6.31. The van der Waals surface area contributed by atoms with Gasteiger partial charge in [0.2, 0.25) is 11.7 Å². The number of Topliss-reactive ketones (excluding diaryl/α,β-unsaturated/α-hetero) is 1. The van der Waals surface area contributed by atoms with E-state index in [0.29, 0.717) is 6.42 Å². The SMILES string of the molecule is CCCCC(=O)N1COC2C(C)OC(OC3C[C@](O)(C(=O)CO)Cc4c(O)c5c(c(O)c43)C(=O)c3c(OC)cccc3C5=O)CC21. The number of carbonyl (C=O) groups excluding carboxylic acids is 4. The van der Waals surface area contributed by atoms with E-state index in [1.54, 1.807) is 11.8 Å². The van der Waals surface area contributed by atoms with Crippen LogP contribution in [0.25, 0.3) is 0 Å². The van der Waals surface area contributed by atoms with Gasteiger partial charge >= 0.3 is 0 Å². The summed E-state index contributed by atoms with van der Waals surface area (Å²) >= 11 is 0. The average molecular weight is 640 g/mol. The predicted molar refractivity (Wildman–Crippen MR) is 158 cm³/mol. The number of methoxy groups -OCH3 is 1. The Morgan fingerprint density at radius 3 is 2.54 bits per heavy atom. The maximum absolute atomic E-state index is 13.9. The molecule has 2 fully saturated rings. The number of fused-ring (bicyclic) bond motifs is 4. The number of benzene rings is 2. The molecule has 246 valence electrons. The predicted octanol–water partition coefficient (Wildman–Crippen LogP) is 2.06. The highest BCUT2D eigenvalue weighted by Crippen LogP contribution is 2.52. The number of hydrogen-bond acceptors (Lipinski definition) is 12. The monoisotopic (exact) mass is 639 g/mol. The standard InChI is InChI=1S/C33H37NO12/c1-4-5-9-22(37)34-14-44-32-15(2)45-23(10-18(32)34)46-20-12-33(42,21(36)13-35)11-17-25(20)31(41)27-26(29(17)39)28(38)16-7-6-8-19(43-3)24(16)30(27)40/h6-8,15,18,20,23,32,35,39,41-42H,4-5,9-14H2,1-3H3/t15?,18?,20?,23?,32?,33-/m0/s1. The minimum Gasteiger partial charge on any atom is -0.507 e. The number of nitrogens with zero attached hydrogens (tertiary/aromatic N) is 1. The summed E-state index contributed by atoms with van der Waals surface area (Å²) in [4.78, 5) is 55.0. The van der Waals surface area contributed by atoms with Crippen molar-refractivity contribution in [3.05, 3.63) is 51.6 Å². The molecule has 4 N–H and O–H groups in total. The highest BCUT2D eigenvalue weighted by atomic mass is 16.7. The first-order valence-corrected chi connectivity index (χ1v) is 15.4. The number of phenolic OH excluding ortho intramolecular Hbond substituents is 2. The summed E-state index contributed by atoms with van der Waals surface area (Å²) in [7, 11) is 1.33. The Morgan fingerprint density at radius 1 is 1.11 bits per heavy atom. The van der Waals surface area contributed by atoms with Crippen LogP contribution in [0.1, 0.15) is 95.0 Å². The molecule has 0 bridgehead atoms. The third-order valence-electron chi connectivity index (χ3n) is 9.57. The Balaban J connectivity index is 1.42. The lowest BCUT2D eigenvalue weighted by molar-refractivity contribution is -0.246. The van der Waals surface area contributed by atoms with Gasteiger partial charge in [0, 0.05) is 42.4 Å². The van der Waals surface area contributed by atoms with Crippen LogP contribution in [0.3, 0.4) is 0 Å². The number of aliphatic hydroxyl groups excluding tert-OH is 1. The maximum atomic E-state index is 13.9. The van der Waals surface area contributed by atoms with Crippen molar-refractivity contribution in [1.82, 2.24) is 4.90 Å². The highest BCUT2D eigenvalue weighted by Gasteiger charge is 2.52. The first-order chi connectivity index (χ1) is 21.9. The summed E-state index contributed by atoms with van der Waals surface area (Å²) in [5.74, 6) is -3.80. The molecule has 2 aliphatic carbocycles. The Kier molecular flexibility index (Phi) is 8.40. The van der Waals surface area contributed by atoms with E-state index in [0.717, 1.165) is 12.8 Å². The van der Waals surface area contributed by atoms with E-state index < -0.39 is 95.7 Å². The minimum absolute atomic E-state index is 0.0484. The minimum atomic E-state index is -2.26. The molecule has 2 aromatic carbocycles. The third-order valence-corrected chi connectivity index (χ3v) is 9.57. The van der Waals surface area contributed by atoms with Crippen LogP contribution in [-0.4, -0.2) is 99.2 Å². The van der Waals surface area contributed by atoms with Gasteiger partial charge in [-0.2, -0.15) is 0 Å². The first kappa shape index (κ1) is 32.1. The number of aliphatic hydroxyl groups is 2. The maximum Gasteiger partial charge on any atom is 0.224 e. The molecule has 2 aromatic rings. The zero-order valence-electron chi connectivity index (χ0n) is 25.8. The molecule has 2 saturated heterocycles. The lowest BCUT2D eigenvalue weighted by Crippen LogP contribution is -2.52. The molecule has 0 saturated carbocycles. The van der Waals surface area contributed by atoms with Gasteiger partial charge in [-0.25, -0.2) is 0 Å². The van der Waals surface area contributed by atoms with Crippen LogP contribution in [0.15, 0.2) is 18.2 Å². The largest absolute Gasteiger partial charge is 0.507 e. The second-order valence-corrected chi connectivity index (χ2v) is 12.3. The Bertz CT molecular complexity index is 1620. The molecule has 13 heteroatoms. The van der Waals surface area contributed by atoms with Crippen LogP contribution in [0, 0.1) is 0 Å². The number of ether oxygens (including phenoxy) is 4. The van der Waals surface area contributed by atoms with Gasteiger partial charge in [0.05, 0.1) is 42.0 Å². The molecule has 6 rings (SSSR count). The van der Waals surface area contributed by atoms with E-state index >= 15 is 0 Å². The van der Waals surface area contributed by atoms with E-state index in [-0.39, 0.29) is 47.1 Å². The number of amides is 1. The normalized spacial score (nSPS) is 28.3. The second kappa shape index (κ2) is 12.0. The first-order valence-electron chi connectivity index (χ1n) is 15.4. The fourth-order valence-corrected chi connectivity index (χ4v) is 7.22. The van der Waals surface area contributed by atoms with Crippen molar-refractivity contribution in [2.45, 2.75) is 88.6 Å². The molecule has 4 aliphatic rings. The van der Waals surface area contributed by atoms with E-state index in [4.69, 9.17) is 18.9 Å². The van der Waals surface area contributed by atoms with E-state index in [1.807, 2.05) is 6.92 Å². The van der Waals surface area contributed by atoms with E-state index in [9.17, 15) is 39.6 Å². The van der Waals surface area contributed by atoms with Crippen molar-refractivity contribution in [3.8, 4) is 17.2 Å². The summed E-state index contributed by atoms with van der Waals surface area (Å²) in [6.07, 6.45) is -2.26. The molecule has 0 spiro atoms. The molecule has 13 nitrogen and oxygen atoms in total. The molecule has 46 heavy (non-hydrogen) atoms. The topological polar surface area (TPSA) is 189 Å². The molecular formula is C33H37NO12. The van der Waals surface area contributed by atoms with E-state index in [2.05, 4.69) is 0 Å². The molecule has 0 aromatic heterocycles. The Hall–Kier alpha value is -3.88. The van der Waals surface area contributed by atoms with Crippen LogP contribution < -0.4 is 4.74 Å². The lowest BCUT2D eigenvalue weighted by Gasteiger charge is -2.42. The molecule has 1 amide bonds. The van der Waals surface area contributed by atoms with Gasteiger partial charge in [-0.15, -0.1) is 0 Å². The van der Waals surface area contributed by atoms with Crippen molar-refractivity contribution < 1.29 is 58.6 Å². The number of rotatable bonds is 8. The van der Waals surface area contributed by atoms with Gasteiger partial charge in [0.1, 0.15) is 42.3 Å². The number of phenols is 2. The quantitative estimate of drug-likeness (QED) is 0.263. The number of carbonyl (C=O) groups is 4. The zero-order valence-corrected chi connectivity index (χ0v) is 25.8. The van der Waals surface area contributed by atoms with Crippen molar-refractivity contribution in [2.75, 3.05) is 20.4 Å². The van der Waals surface area contributed by atoms with Crippen LogP contribution >= 0.6 is 0 Å². The Morgan fingerprint density at radius 2 is 1.85 bits per heavy atom. The van der Waals surface area contributed by atoms with Crippen LogP contribution in [-0.2, 0) is 30.2 Å². The second-order valence-electron chi connectivity index (χ2n) is 12.3. The van der Waals surface area contributed by atoms with Crippen LogP contribution in [0.2, 0.25) is 0 Å². The van der Waals surface area contributed by atoms with Crippen molar-refractivity contribution in [1.29, 1.82) is 0 Å². The van der Waals surface area contributed by atoms with Gasteiger partial charge in [-0.1, -0.05) is 25.5 Å². The summed E-state index contributed by atoms with van der Waals surface area (Å²) < 4.78 is 23.6. The van der Waals surface area contributed by atoms with Crippen molar-refractivity contribution in [2.24, 2.45) is 0 Å². The van der Waals surface area contributed by atoms with E-state index in [1.165, 1.54) is 25.3 Å². The van der Waals surface area contributed by atoms with Crippen molar-refractivity contribution in [3.63, 3.8) is 0 Å². The van der Waals surface area contributed by atoms with Gasteiger partial charge in [-0.05, 0) is 19.4 Å².